The minimum atomic E-state index is 0.445. The summed E-state index contributed by atoms with van der Waals surface area (Å²) in [6, 6.07) is 2.03. The van der Waals surface area contributed by atoms with E-state index in [0.29, 0.717) is 12.1 Å². The number of rotatable bonds is 1. The molecular weight excluding hydrogens is 232 g/mol. The molecule has 0 radical (unpaired) electrons. The average Bonchev–Trinajstić information content (AvgIpc) is 2.43. The second-order valence-corrected chi connectivity index (χ2v) is 7.21. The van der Waals surface area contributed by atoms with Crippen molar-refractivity contribution in [1.82, 2.24) is 4.90 Å². The van der Waals surface area contributed by atoms with Crippen molar-refractivity contribution in [1.29, 1.82) is 0 Å². The minimum absolute atomic E-state index is 0.445. The van der Waals surface area contributed by atoms with Crippen molar-refractivity contribution in [3.8, 4) is 0 Å². The molecule has 0 aromatic heterocycles. The fourth-order valence-corrected chi connectivity index (χ4v) is 4.98. The molecule has 110 valence electrons. The minimum Gasteiger partial charge on any atom is -0.326 e. The fraction of sp³-hybridized carbons (Fsp3) is 1.00. The Bertz CT molecular complexity index is 276. The van der Waals surface area contributed by atoms with Crippen molar-refractivity contribution in [3.63, 3.8) is 0 Å². The highest BCUT2D eigenvalue weighted by Gasteiger charge is 2.38. The van der Waals surface area contributed by atoms with Crippen LogP contribution in [0, 0.1) is 5.92 Å². The van der Waals surface area contributed by atoms with Crippen molar-refractivity contribution in [2.45, 2.75) is 95.2 Å². The number of hydrogen-bond acceptors (Lipinski definition) is 2. The Balaban J connectivity index is 1.70. The molecule has 1 saturated heterocycles. The monoisotopic (exact) mass is 264 g/mol. The third-order valence-corrected chi connectivity index (χ3v) is 5.99. The van der Waals surface area contributed by atoms with Crippen molar-refractivity contribution in [2.75, 3.05) is 6.54 Å². The van der Waals surface area contributed by atoms with E-state index in [0.717, 1.165) is 12.0 Å². The first-order chi connectivity index (χ1) is 9.36. The first-order valence-electron chi connectivity index (χ1n) is 8.87. The van der Waals surface area contributed by atoms with Gasteiger partial charge in [0, 0.05) is 18.1 Å². The molecule has 19 heavy (non-hydrogen) atoms. The molecule has 2 saturated carbocycles. The number of nitrogens with two attached hydrogens (primary N) is 1. The Hall–Kier alpha value is -0.0800. The van der Waals surface area contributed by atoms with Gasteiger partial charge in [-0.1, -0.05) is 38.5 Å². The number of fused-ring (bicyclic) bond motifs is 1. The number of nitrogens with zero attached hydrogens (tertiary/aromatic N) is 1. The molecule has 3 aliphatic rings. The molecule has 2 N–H and O–H groups in total. The van der Waals surface area contributed by atoms with E-state index < -0.39 is 0 Å². The molecule has 4 atom stereocenters. The maximum Gasteiger partial charge on any atom is 0.0250 e. The van der Waals surface area contributed by atoms with Crippen LogP contribution >= 0.6 is 0 Å². The van der Waals surface area contributed by atoms with Gasteiger partial charge in [-0.15, -0.1) is 0 Å². The molecule has 0 spiro atoms. The fourth-order valence-electron chi connectivity index (χ4n) is 4.98. The van der Waals surface area contributed by atoms with E-state index in [2.05, 4.69) is 4.90 Å². The van der Waals surface area contributed by atoms with E-state index in [1.807, 2.05) is 0 Å². The Morgan fingerprint density at radius 3 is 2.16 bits per heavy atom. The third-order valence-electron chi connectivity index (χ3n) is 5.99. The van der Waals surface area contributed by atoms with Crippen LogP contribution in [0.2, 0.25) is 0 Å². The Morgan fingerprint density at radius 1 is 0.632 bits per heavy atom. The number of likely N-dealkylation sites (tertiary alicyclic amines) is 1. The molecule has 0 aromatic rings. The summed E-state index contributed by atoms with van der Waals surface area (Å²) in [6.45, 7) is 1.33. The largest absolute Gasteiger partial charge is 0.326 e. The highest BCUT2D eigenvalue weighted by molar-refractivity contribution is 4.94. The lowest BCUT2D eigenvalue weighted by Crippen LogP contribution is -2.57. The van der Waals surface area contributed by atoms with Gasteiger partial charge in [0.05, 0.1) is 0 Å². The zero-order chi connectivity index (χ0) is 13.1. The van der Waals surface area contributed by atoms with Crippen molar-refractivity contribution >= 4 is 0 Å². The average molecular weight is 264 g/mol. The lowest BCUT2D eigenvalue weighted by Gasteiger charge is -2.49. The summed E-state index contributed by atoms with van der Waals surface area (Å²) in [5.41, 5.74) is 6.56. The van der Waals surface area contributed by atoms with Crippen LogP contribution in [0.1, 0.15) is 77.0 Å². The highest BCUT2D eigenvalue weighted by Crippen LogP contribution is 2.38. The summed E-state index contributed by atoms with van der Waals surface area (Å²) in [7, 11) is 0. The van der Waals surface area contributed by atoms with Crippen molar-refractivity contribution in [2.24, 2.45) is 11.7 Å². The van der Waals surface area contributed by atoms with Crippen LogP contribution in [0.25, 0.3) is 0 Å². The Labute approximate surface area is 119 Å². The zero-order valence-electron chi connectivity index (χ0n) is 12.5. The Kier molecular flexibility index (Phi) is 4.81. The van der Waals surface area contributed by atoms with Gasteiger partial charge in [-0.25, -0.2) is 0 Å². The molecule has 2 nitrogen and oxygen atoms in total. The molecule has 2 heteroatoms. The van der Waals surface area contributed by atoms with E-state index >= 15 is 0 Å². The summed E-state index contributed by atoms with van der Waals surface area (Å²) in [5, 5.41) is 0. The molecule has 3 rings (SSSR count). The van der Waals surface area contributed by atoms with Gasteiger partial charge in [0.1, 0.15) is 0 Å². The summed E-state index contributed by atoms with van der Waals surface area (Å²) in [4.78, 5) is 2.88. The molecule has 0 aromatic carbocycles. The van der Waals surface area contributed by atoms with Gasteiger partial charge >= 0.3 is 0 Å². The van der Waals surface area contributed by atoms with Crippen LogP contribution in [0.5, 0.6) is 0 Å². The Morgan fingerprint density at radius 2 is 1.26 bits per heavy atom. The van der Waals surface area contributed by atoms with Gasteiger partial charge in [0.2, 0.25) is 0 Å². The predicted octanol–water partition coefficient (Wildman–Crippen LogP) is 3.69. The van der Waals surface area contributed by atoms with E-state index in [9.17, 15) is 0 Å². The van der Waals surface area contributed by atoms with Crippen LogP contribution in [-0.4, -0.2) is 29.6 Å². The SMILES string of the molecule is NC1CCCCCCC1N1CCCC2CCCCC21. The summed E-state index contributed by atoms with van der Waals surface area (Å²) >= 11 is 0. The molecule has 3 fully saturated rings. The first-order valence-corrected chi connectivity index (χ1v) is 8.87. The molecule has 1 aliphatic heterocycles. The second kappa shape index (κ2) is 6.58. The standard InChI is InChI=1S/C17H32N2/c18-15-10-3-1-2-4-12-17(15)19-13-7-9-14-8-5-6-11-16(14)19/h14-17H,1-13,18H2. The van der Waals surface area contributed by atoms with Crippen LogP contribution in [0.3, 0.4) is 0 Å². The molecule has 0 amide bonds. The van der Waals surface area contributed by atoms with Crippen LogP contribution in [-0.2, 0) is 0 Å². The summed E-state index contributed by atoms with van der Waals surface area (Å²) in [6.07, 6.45) is 17.0. The van der Waals surface area contributed by atoms with Gasteiger partial charge in [0.15, 0.2) is 0 Å². The van der Waals surface area contributed by atoms with Crippen molar-refractivity contribution in [3.05, 3.63) is 0 Å². The zero-order valence-corrected chi connectivity index (χ0v) is 12.5. The van der Waals surface area contributed by atoms with Crippen LogP contribution < -0.4 is 5.73 Å². The topological polar surface area (TPSA) is 29.3 Å². The normalized spacial score (nSPS) is 42.2. The molecule has 0 bridgehead atoms. The molecule has 2 aliphatic carbocycles. The molecule has 1 heterocycles. The summed E-state index contributed by atoms with van der Waals surface area (Å²) < 4.78 is 0. The van der Waals surface area contributed by atoms with Gasteiger partial charge in [-0.05, 0) is 51.0 Å². The van der Waals surface area contributed by atoms with E-state index in [4.69, 9.17) is 5.73 Å². The van der Waals surface area contributed by atoms with Crippen molar-refractivity contribution < 1.29 is 0 Å². The lowest BCUT2D eigenvalue weighted by molar-refractivity contribution is 0.0103. The van der Waals surface area contributed by atoms with Gasteiger partial charge in [-0.2, -0.15) is 0 Å². The maximum atomic E-state index is 6.56. The van der Waals surface area contributed by atoms with Gasteiger partial charge < -0.3 is 5.73 Å². The highest BCUT2D eigenvalue weighted by atomic mass is 15.2. The van der Waals surface area contributed by atoms with E-state index in [1.54, 1.807) is 0 Å². The lowest BCUT2D eigenvalue weighted by atomic mass is 9.76. The van der Waals surface area contributed by atoms with Crippen LogP contribution in [0.15, 0.2) is 0 Å². The molecular formula is C17H32N2. The third kappa shape index (κ3) is 3.16. The second-order valence-electron chi connectivity index (χ2n) is 7.21. The van der Waals surface area contributed by atoms with Gasteiger partial charge in [-0.3, -0.25) is 4.90 Å². The molecule has 4 unspecified atom stereocenters. The predicted molar refractivity (Wildman–Crippen MR) is 81.2 cm³/mol. The smallest absolute Gasteiger partial charge is 0.0250 e. The maximum absolute atomic E-state index is 6.56. The summed E-state index contributed by atoms with van der Waals surface area (Å²) in [5.74, 6) is 1.00. The van der Waals surface area contributed by atoms with E-state index in [1.165, 1.54) is 83.6 Å². The van der Waals surface area contributed by atoms with Crippen LogP contribution in [0.4, 0.5) is 0 Å². The van der Waals surface area contributed by atoms with E-state index in [-0.39, 0.29) is 0 Å². The quantitative estimate of drug-likeness (QED) is 0.782. The number of hydrogen-bond donors (Lipinski definition) is 1. The first kappa shape index (κ1) is 13.9. The van der Waals surface area contributed by atoms with Gasteiger partial charge in [0.25, 0.3) is 0 Å². The number of piperidine rings is 1.